The van der Waals surface area contributed by atoms with Gasteiger partial charge in [0.1, 0.15) is 23.3 Å². The summed E-state index contributed by atoms with van der Waals surface area (Å²) in [5.74, 6) is 0.706. The molecule has 0 bridgehead atoms. The Morgan fingerprint density at radius 1 is 1.14 bits per heavy atom. The molecule has 6 heteroatoms. The second-order valence-electron chi connectivity index (χ2n) is 4.63. The van der Waals surface area contributed by atoms with E-state index in [4.69, 9.17) is 9.15 Å². The highest BCUT2D eigenvalue weighted by molar-refractivity contribution is 9.11. The van der Waals surface area contributed by atoms with Crippen LogP contribution < -0.4 is 10.2 Å². The van der Waals surface area contributed by atoms with Crippen LogP contribution in [0.2, 0.25) is 0 Å². The van der Waals surface area contributed by atoms with Crippen LogP contribution in [0.25, 0.3) is 22.1 Å². The fraction of sp³-hybridized carbons (Fsp3) is 0.0625. The van der Waals surface area contributed by atoms with Crippen LogP contribution in [0.1, 0.15) is 0 Å². The van der Waals surface area contributed by atoms with E-state index in [1.54, 1.807) is 37.4 Å². The topological polar surface area (TPSA) is 59.7 Å². The van der Waals surface area contributed by atoms with Crippen LogP contribution in [0.15, 0.2) is 54.8 Å². The molecule has 4 nitrogen and oxygen atoms in total. The molecule has 0 atom stereocenters. The lowest BCUT2D eigenvalue weighted by molar-refractivity contribution is 0.414. The van der Waals surface area contributed by atoms with E-state index in [0.29, 0.717) is 36.8 Å². The lowest BCUT2D eigenvalue weighted by atomic mass is 10.1. The zero-order valence-electron chi connectivity index (χ0n) is 11.4. The molecule has 0 spiro atoms. The Morgan fingerprint density at radius 2 is 1.82 bits per heavy atom. The molecule has 0 saturated carbocycles. The third-order valence-electron chi connectivity index (χ3n) is 3.31. The smallest absolute Gasteiger partial charge is 0.200 e. The zero-order chi connectivity index (χ0) is 15.9. The number of ether oxygens (including phenoxy) is 1. The van der Waals surface area contributed by atoms with Crippen LogP contribution in [0.3, 0.4) is 0 Å². The summed E-state index contributed by atoms with van der Waals surface area (Å²) in [6.07, 6.45) is 1.41. The van der Waals surface area contributed by atoms with Gasteiger partial charge in [0.15, 0.2) is 5.43 Å². The van der Waals surface area contributed by atoms with E-state index >= 15 is 0 Å². The molecule has 0 aliphatic heterocycles. The first kappa shape index (κ1) is 15.1. The predicted molar refractivity (Wildman–Crippen MR) is 91.5 cm³/mol. The quantitative estimate of drug-likeness (QED) is 0.646. The molecular formula is C16H10Br2O4. The molecule has 0 radical (unpaired) electrons. The summed E-state index contributed by atoms with van der Waals surface area (Å²) in [4.78, 5) is 12.6. The van der Waals surface area contributed by atoms with Gasteiger partial charge in [-0.2, -0.15) is 0 Å². The number of hydrogen-bond acceptors (Lipinski definition) is 4. The molecule has 0 aliphatic carbocycles. The first-order chi connectivity index (χ1) is 10.5. The van der Waals surface area contributed by atoms with Crippen molar-refractivity contribution < 1.29 is 14.3 Å². The van der Waals surface area contributed by atoms with Crippen molar-refractivity contribution in [3.8, 4) is 22.6 Å². The largest absolute Gasteiger partial charge is 0.506 e. The van der Waals surface area contributed by atoms with Gasteiger partial charge in [0, 0.05) is 6.07 Å². The zero-order valence-corrected chi connectivity index (χ0v) is 14.6. The van der Waals surface area contributed by atoms with Gasteiger partial charge in [-0.3, -0.25) is 4.79 Å². The summed E-state index contributed by atoms with van der Waals surface area (Å²) < 4.78 is 11.7. The van der Waals surface area contributed by atoms with Gasteiger partial charge >= 0.3 is 0 Å². The summed E-state index contributed by atoms with van der Waals surface area (Å²) in [7, 11) is 1.55. The van der Waals surface area contributed by atoms with E-state index in [9.17, 15) is 9.90 Å². The van der Waals surface area contributed by atoms with E-state index in [1.807, 2.05) is 0 Å². The maximum absolute atomic E-state index is 12.6. The Bertz CT molecular complexity index is 908. The highest BCUT2D eigenvalue weighted by atomic mass is 79.9. The van der Waals surface area contributed by atoms with E-state index in [1.165, 1.54) is 6.26 Å². The molecule has 0 amide bonds. The number of phenols is 1. The SMILES string of the molecule is COc1ccc2c(=O)c(-c3cc(Br)c(O)c(Br)c3)coc2c1. The van der Waals surface area contributed by atoms with Crippen LogP contribution >= 0.6 is 31.9 Å². The Kier molecular flexibility index (Phi) is 3.97. The Hall–Kier alpha value is -1.79. The van der Waals surface area contributed by atoms with Crippen molar-refractivity contribution in [1.29, 1.82) is 0 Å². The van der Waals surface area contributed by atoms with Crippen molar-refractivity contribution >= 4 is 42.8 Å². The molecule has 22 heavy (non-hydrogen) atoms. The van der Waals surface area contributed by atoms with E-state index in [2.05, 4.69) is 31.9 Å². The average Bonchev–Trinajstić information content (AvgIpc) is 2.52. The summed E-state index contributed by atoms with van der Waals surface area (Å²) in [6, 6.07) is 8.40. The molecule has 0 aliphatic rings. The number of hydrogen-bond donors (Lipinski definition) is 1. The van der Waals surface area contributed by atoms with E-state index in [-0.39, 0.29) is 11.2 Å². The van der Waals surface area contributed by atoms with Crippen molar-refractivity contribution in [2.45, 2.75) is 0 Å². The van der Waals surface area contributed by atoms with Gasteiger partial charge in [-0.15, -0.1) is 0 Å². The molecule has 1 N–H and O–H groups in total. The monoisotopic (exact) mass is 424 g/mol. The number of fused-ring (bicyclic) bond motifs is 1. The number of methoxy groups -OCH3 is 1. The Labute approximate surface area is 142 Å². The van der Waals surface area contributed by atoms with Crippen molar-refractivity contribution in [2.24, 2.45) is 0 Å². The first-order valence-electron chi connectivity index (χ1n) is 6.29. The Morgan fingerprint density at radius 3 is 2.45 bits per heavy atom. The minimum atomic E-state index is -0.145. The van der Waals surface area contributed by atoms with Gasteiger partial charge in [-0.25, -0.2) is 0 Å². The summed E-state index contributed by atoms with van der Waals surface area (Å²) in [5.41, 5.74) is 1.38. The van der Waals surface area contributed by atoms with Gasteiger partial charge in [-0.1, -0.05) is 0 Å². The van der Waals surface area contributed by atoms with Crippen LogP contribution in [0.4, 0.5) is 0 Å². The van der Waals surface area contributed by atoms with Crippen LogP contribution in [0.5, 0.6) is 11.5 Å². The fourth-order valence-electron chi connectivity index (χ4n) is 2.16. The maximum atomic E-state index is 12.6. The number of halogens is 2. The fourth-order valence-corrected chi connectivity index (χ4v) is 3.34. The van der Waals surface area contributed by atoms with E-state index < -0.39 is 0 Å². The molecule has 1 aromatic heterocycles. The second kappa shape index (κ2) is 5.78. The molecule has 112 valence electrons. The van der Waals surface area contributed by atoms with Crippen LogP contribution in [-0.2, 0) is 0 Å². The van der Waals surface area contributed by atoms with Crippen LogP contribution in [-0.4, -0.2) is 12.2 Å². The van der Waals surface area contributed by atoms with Crippen LogP contribution in [0, 0.1) is 0 Å². The van der Waals surface area contributed by atoms with Crippen molar-refractivity contribution in [1.82, 2.24) is 0 Å². The van der Waals surface area contributed by atoms with Crippen molar-refractivity contribution in [3.63, 3.8) is 0 Å². The number of rotatable bonds is 2. The normalized spacial score (nSPS) is 10.9. The van der Waals surface area contributed by atoms with E-state index in [0.717, 1.165) is 0 Å². The molecule has 2 aromatic carbocycles. The molecule has 1 heterocycles. The molecular weight excluding hydrogens is 416 g/mol. The highest BCUT2D eigenvalue weighted by Gasteiger charge is 2.13. The average molecular weight is 426 g/mol. The molecule has 0 saturated heterocycles. The maximum Gasteiger partial charge on any atom is 0.200 e. The number of phenolic OH excluding ortho intramolecular Hbond substituents is 1. The number of aromatic hydroxyl groups is 1. The second-order valence-corrected chi connectivity index (χ2v) is 6.34. The predicted octanol–water partition coefficient (Wildman–Crippen LogP) is 4.70. The van der Waals surface area contributed by atoms with Gasteiger partial charge in [-0.05, 0) is 61.7 Å². The van der Waals surface area contributed by atoms with Gasteiger partial charge in [0.25, 0.3) is 0 Å². The first-order valence-corrected chi connectivity index (χ1v) is 7.88. The van der Waals surface area contributed by atoms with Crippen molar-refractivity contribution in [2.75, 3.05) is 7.11 Å². The van der Waals surface area contributed by atoms with Crippen molar-refractivity contribution in [3.05, 3.63) is 55.8 Å². The summed E-state index contributed by atoms with van der Waals surface area (Å²) >= 11 is 6.52. The Balaban J connectivity index is 2.24. The van der Waals surface area contributed by atoms with Gasteiger partial charge in [0.05, 0.1) is 27.0 Å². The molecule has 0 fully saturated rings. The third-order valence-corrected chi connectivity index (χ3v) is 4.52. The minimum Gasteiger partial charge on any atom is -0.506 e. The third kappa shape index (κ3) is 2.53. The number of benzene rings is 2. The minimum absolute atomic E-state index is 0.0821. The lowest BCUT2D eigenvalue weighted by Crippen LogP contribution is -2.04. The summed E-state index contributed by atoms with van der Waals surface area (Å²) in [6.45, 7) is 0. The molecule has 0 unspecified atom stereocenters. The lowest BCUT2D eigenvalue weighted by Gasteiger charge is -2.07. The van der Waals surface area contributed by atoms with Gasteiger partial charge < -0.3 is 14.3 Å². The summed E-state index contributed by atoms with van der Waals surface area (Å²) in [5, 5.41) is 10.2. The van der Waals surface area contributed by atoms with Gasteiger partial charge in [0.2, 0.25) is 0 Å². The standard InChI is InChI=1S/C16H10Br2O4/c1-21-9-2-3-10-14(6-9)22-7-11(15(10)19)8-4-12(17)16(20)13(18)5-8/h2-7,20H,1H3. The molecule has 3 rings (SSSR count). The molecule has 3 aromatic rings. The highest BCUT2D eigenvalue weighted by Crippen LogP contribution is 2.36.